The number of nitrogens with zero attached hydrogens (tertiary/aromatic N) is 2. The van der Waals surface area contributed by atoms with E-state index in [1.165, 1.54) is 4.88 Å². The summed E-state index contributed by atoms with van der Waals surface area (Å²) in [5.74, 6) is 0. The molecular weight excluding hydrogens is 202 g/mol. The molecule has 0 aliphatic rings. The van der Waals surface area contributed by atoms with Crippen LogP contribution in [0.15, 0.2) is 18.6 Å². The molecule has 1 N–H and O–H groups in total. The average Bonchev–Trinajstić information content (AvgIpc) is 2.64. The second kappa shape index (κ2) is 3.43. The molecule has 0 aliphatic heterocycles. The molecule has 0 saturated heterocycles. The Morgan fingerprint density at radius 1 is 1.69 bits per heavy atom. The number of aromatic nitrogens is 3. The van der Waals surface area contributed by atoms with E-state index in [0.29, 0.717) is 0 Å². The van der Waals surface area contributed by atoms with E-state index in [2.05, 4.69) is 9.97 Å². The Labute approximate surface area is 85.1 Å². The van der Waals surface area contributed by atoms with E-state index in [1.807, 2.05) is 30.1 Å². The first-order valence-corrected chi connectivity index (χ1v) is 5.13. The summed E-state index contributed by atoms with van der Waals surface area (Å²) in [5, 5.41) is 1.09. The van der Waals surface area contributed by atoms with E-state index in [9.17, 15) is 0 Å². The molecule has 2 aromatic heterocycles. The lowest BCUT2D eigenvalue weighted by Crippen LogP contribution is -1.95. The molecule has 0 amide bonds. The summed E-state index contributed by atoms with van der Waals surface area (Å²) < 4.78 is 2.74. The molecule has 0 unspecified atom stereocenters. The van der Waals surface area contributed by atoms with Crippen LogP contribution in [0.2, 0.25) is 0 Å². The SMILES string of the molecule is Cc1ncc(Cn2cc[nH]c2=S)s1. The van der Waals surface area contributed by atoms with Crippen molar-refractivity contribution in [3.05, 3.63) is 33.2 Å². The van der Waals surface area contributed by atoms with Crippen molar-refractivity contribution >= 4 is 23.6 Å². The molecule has 2 heterocycles. The molecule has 0 bridgehead atoms. The molecule has 0 aromatic carbocycles. The zero-order valence-corrected chi connectivity index (χ0v) is 8.78. The topological polar surface area (TPSA) is 33.6 Å². The molecule has 0 spiro atoms. The first-order chi connectivity index (χ1) is 6.25. The molecule has 5 heteroatoms. The van der Waals surface area contributed by atoms with Gasteiger partial charge in [-0.05, 0) is 19.1 Å². The highest BCUT2D eigenvalue weighted by Crippen LogP contribution is 2.12. The number of imidazole rings is 1. The minimum Gasteiger partial charge on any atom is -0.337 e. The van der Waals surface area contributed by atoms with Gasteiger partial charge >= 0.3 is 0 Å². The van der Waals surface area contributed by atoms with Gasteiger partial charge in [0.05, 0.1) is 11.6 Å². The van der Waals surface area contributed by atoms with Crippen LogP contribution in [0.3, 0.4) is 0 Å². The monoisotopic (exact) mass is 211 g/mol. The van der Waals surface area contributed by atoms with Gasteiger partial charge in [-0.2, -0.15) is 0 Å². The van der Waals surface area contributed by atoms with Crippen molar-refractivity contribution in [1.82, 2.24) is 14.5 Å². The lowest BCUT2D eigenvalue weighted by atomic mass is 10.5. The minimum absolute atomic E-state index is 0.756. The first-order valence-electron chi connectivity index (χ1n) is 3.91. The van der Waals surface area contributed by atoms with Crippen molar-refractivity contribution in [3.8, 4) is 0 Å². The fourth-order valence-electron chi connectivity index (χ4n) is 1.12. The molecule has 13 heavy (non-hydrogen) atoms. The van der Waals surface area contributed by atoms with Crippen molar-refractivity contribution in [3.63, 3.8) is 0 Å². The summed E-state index contributed by atoms with van der Waals surface area (Å²) in [6.45, 7) is 2.82. The molecule has 3 nitrogen and oxygen atoms in total. The standard InChI is InChI=1S/C8H9N3S2/c1-6-10-4-7(13-6)5-11-3-2-9-8(11)12/h2-4H,5H2,1H3,(H,9,12). The zero-order chi connectivity index (χ0) is 9.26. The maximum Gasteiger partial charge on any atom is 0.177 e. The van der Waals surface area contributed by atoms with Gasteiger partial charge in [0.15, 0.2) is 4.77 Å². The Morgan fingerprint density at radius 3 is 3.08 bits per heavy atom. The normalized spacial score (nSPS) is 10.5. The van der Waals surface area contributed by atoms with Crippen LogP contribution in [0.25, 0.3) is 0 Å². The highest BCUT2D eigenvalue weighted by atomic mass is 32.1. The number of hydrogen-bond acceptors (Lipinski definition) is 3. The maximum atomic E-state index is 5.08. The van der Waals surface area contributed by atoms with E-state index >= 15 is 0 Å². The summed E-state index contributed by atoms with van der Waals surface area (Å²) in [6, 6.07) is 0. The summed E-state index contributed by atoms with van der Waals surface area (Å²) >= 11 is 6.79. The highest BCUT2D eigenvalue weighted by molar-refractivity contribution is 7.71. The van der Waals surface area contributed by atoms with E-state index in [0.717, 1.165) is 16.3 Å². The Morgan fingerprint density at radius 2 is 2.54 bits per heavy atom. The van der Waals surface area contributed by atoms with Crippen LogP contribution in [0, 0.1) is 11.7 Å². The Hall–Kier alpha value is -0.940. The molecule has 0 radical (unpaired) electrons. The van der Waals surface area contributed by atoms with Crippen LogP contribution in [-0.2, 0) is 6.54 Å². The summed E-state index contributed by atoms with van der Waals surface area (Å²) in [5.41, 5.74) is 0. The molecule has 0 aliphatic carbocycles. The first kappa shape index (κ1) is 8.65. The minimum atomic E-state index is 0.756. The Kier molecular flexibility index (Phi) is 2.28. The van der Waals surface area contributed by atoms with Crippen molar-refractivity contribution < 1.29 is 0 Å². The smallest absolute Gasteiger partial charge is 0.177 e. The van der Waals surface area contributed by atoms with Crippen LogP contribution in [-0.4, -0.2) is 14.5 Å². The van der Waals surface area contributed by atoms with Gasteiger partial charge in [-0.1, -0.05) is 0 Å². The number of thiazole rings is 1. The van der Waals surface area contributed by atoms with Gasteiger partial charge in [-0.25, -0.2) is 4.98 Å². The Bertz CT molecular complexity index is 452. The van der Waals surface area contributed by atoms with Gasteiger partial charge < -0.3 is 9.55 Å². The van der Waals surface area contributed by atoms with Crippen molar-refractivity contribution in [2.24, 2.45) is 0 Å². The lowest BCUT2D eigenvalue weighted by Gasteiger charge is -1.96. The summed E-state index contributed by atoms with van der Waals surface area (Å²) in [4.78, 5) is 8.38. The van der Waals surface area contributed by atoms with E-state index in [1.54, 1.807) is 11.3 Å². The highest BCUT2D eigenvalue weighted by Gasteiger charge is 1.99. The molecule has 2 rings (SSSR count). The zero-order valence-electron chi connectivity index (χ0n) is 7.15. The number of rotatable bonds is 2. The van der Waals surface area contributed by atoms with Gasteiger partial charge in [-0.3, -0.25) is 0 Å². The largest absolute Gasteiger partial charge is 0.337 e. The van der Waals surface area contributed by atoms with Crippen molar-refractivity contribution in [1.29, 1.82) is 0 Å². The van der Waals surface area contributed by atoms with Crippen LogP contribution in [0.5, 0.6) is 0 Å². The van der Waals surface area contributed by atoms with Crippen LogP contribution >= 0.6 is 23.6 Å². The average molecular weight is 211 g/mol. The molecular formula is C8H9N3S2. The van der Waals surface area contributed by atoms with Gasteiger partial charge in [0.1, 0.15) is 0 Å². The van der Waals surface area contributed by atoms with Gasteiger partial charge in [-0.15, -0.1) is 11.3 Å². The van der Waals surface area contributed by atoms with Crippen molar-refractivity contribution in [2.75, 3.05) is 0 Å². The predicted octanol–water partition coefficient (Wildman–Crippen LogP) is 2.36. The molecule has 2 aromatic rings. The third-order valence-corrected chi connectivity index (χ3v) is 2.97. The third kappa shape index (κ3) is 1.87. The van der Waals surface area contributed by atoms with Crippen LogP contribution in [0.1, 0.15) is 9.88 Å². The number of hydrogen-bond donors (Lipinski definition) is 1. The number of H-pyrrole nitrogens is 1. The molecule has 0 atom stereocenters. The fraction of sp³-hybridized carbons (Fsp3) is 0.250. The number of aryl methyl sites for hydroxylation is 1. The summed E-state index contributed by atoms with van der Waals surface area (Å²) in [6.07, 6.45) is 5.68. The number of nitrogens with one attached hydrogen (secondary N) is 1. The van der Waals surface area contributed by atoms with Gasteiger partial charge in [0.2, 0.25) is 0 Å². The van der Waals surface area contributed by atoms with Crippen LogP contribution < -0.4 is 0 Å². The fourth-order valence-corrected chi connectivity index (χ4v) is 2.11. The lowest BCUT2D eigenvalue weighted by molar-refractivity contribution is 0.794. The van der Waals surface area contributed by atoms with E-state index in [4.69, 9.17) is 12.2 Å². The van der Waals surface area contributed by atoms with E-state index < -0.39 is 0 Å². The summed E-state index contributed by atoms with van der Waals surface area (Å²) in [7, 11) is 0. The Balaban J connectivity index is 2.24. The van der Waals surface area contributed by atoms with Gasteiger partial charge in [0.25, 0.3) is 0 Å². The van der Waals surface area contributed by atoms with Crippen molar-refractivity contribution in [2.45, 2.75) is 13.5 Å². The number of aromatic amines is 1. The maximum absolute atomic E-state index is 5.08. The molecule has 0 saturated carbocycles. The van der Waals surface area contributed by atoms with Crippen LogP contribution in [0.4, 0.5) is 0 Å². The molecule has 0 fully saturated rings. The molecule has 68 valence electrons. The third-order valence-electron chi connectivity index (χ3n) is 1.72. The predicted molar refractivity (Wildman–Crippen MR) is 55.6 cm³/mol. The second-order valence-corrected chi connectivity index (χ2v) is 4.44. The quantitative estimate of drug-likeness (QED) is 0.774. The van der Waals surface area contributed by atoms with E-state index in [-0.39, 0.29) is 0 Å². The van der Waals surface area contributed by atoms with Gasteiger partial charge in [0, 0.05) is 23.5 Å². The second-order valence-electron chi connectivity index (χ2n) is 2.74.